The fourth-order valence-electron chi connectivity index (χ4n) is 3.08. The van der Waals surface area contributed by atoms with Crippen LogP contribution in [0.25, 0.3) is 0 Å². The molecule has 124 valence electrons. The smallest absolute Gasteiger partial charge is 0.0840 e. The minimum Gasteiger partial charge on any atom is -0.395 e. The maximum absolute atomic E-state index is 10.4. The molecule has 4 atom stereocenters. The first-order valence-corrected chi connectivity index (χ1v) is 7.97. The Morgan fingerprint density at radius 3 is 2.45 bits per heavy atom. The summed E-state index contributed by atoms with van der Waals surface area (Å²) in [6.45, 7) is 3.28. The van der Waals surface area contributed by atoms with Crippen LogP contribution in [0.1, 0.15) is 37.0 Å². The molecule has 2 rings (SSSR count). The molecule has 0 aromatic heterocycles. The van der Waals surface area contributed by atoms with E-state index in [1.165, 1.54) is 0 Å². The van der Waals surface area contributed by atoms with E-state index in [4.69, 9.17) is 5.11 Å². The predicted molar refractivity (Wildman–Crippen MR) is 84.2 cm³/mol. The highest BCUT2D eigenvalue weighted by Gasteiger charge is 2.30. The summed E-state index contributed by atoms with van der Waals surface area (Å²) < 4.78 is 0. The highest BCUT2D eigenvalue weighted by Crippen LogP contribution is 2.27. The number of rotatable bonds is 7. The first-order valence-electron chi connectivity index (χ1n) is 7.97. The van der Waals surface area contributed by atoms with Gasteiger partial charge in [0.2, 0.25) is 0 Å². The van der Waals surface area contributed by atoms with E-state index in [1.807, 2.05) is 6.92 Å². The quantitative estimate of drug-likeness (QED) is 0.595. The fraction of sp³-hybridized carbons (Fsp3) is 0.647. The summed E-state index contributed by atoms with van der Waals surface area (Å²) in [6, 6.07) is 7.25. The third kappa shape index (κ3) is 4.06. The molecule has 0 unspecified atom stereocenters. The molecule has 22 heavy (non-hydrogen) atoms. The summed E-state index contributed by atoms with van der Waals surface area (Å²) in [4.78, 5) is 2.10. The maximum atomic E-state index is 10.4. The van der Waals surface area contributed by atoms with Gasteiger partial charge in [0.25, 0.3) is 0 Å². The monoisotopic (exact) mass is 309 g/mol. The van der Waals surface area contributed by atoms with Crippen molar-refractivity contribution in [1.82, 2.24) is 4.90 Å². The summed E-state index contributed by atoms with van der Waals surface area (Å²) in [5, 5.41) is 39.2. The highest BCUT2D eigenvalue weighted by molar-refractivity contribution is 5.24. The lowest BCUT2D eigenvalue weighted by Gasteiger charge is -2.30. The van der Waals surface area contributed by atoms with Gasteiger partial charge in [-0.1, -0.05) is 31.2 Å². The Hall–Kier alpha value is -0.980. The molecule has 0 radical (unpaired) electrons. The van der Waals surface area contributed by atoms with Crippen molar-refractivity contribution in [3.8, 4) is 0 Å². The third-order valence-corrected chi connectivity index (χ3v) is 4.74. The van der Waals surface area contributed by atoms with E-state index < -0.39 is 12.2 Å². The van der Waals surface area contributed by atoms with Gasteiger partial charge in [-0.25, -0.2) is 0 Å². The average molecular weight is 309 g/mol. The molecule has 1 heterocycles. The second kappa shape index (κ2) is 8.04. The Kier molecular flexibility index (Phi) is 6.35. The predicted octanol–water partition coefficient (Wildman–Crippen LogP) is 0.666. The summed E-state index contributed by atoms with van der Waals surface area (Å²) >= 11 is 0. The molecule has 5 nitrogen and oxygen atoms in total. The first-order chi connectivity index (χ1) is 10.6. The maximum Gasteiger partial charge on any atom is 0.0840 e. The van der Waals surface area contributed by atoms with Crippen molar-refractivity contribution in [3.05, 3.63) is 35.4 Å². The molecule has 5 heteroatoms. The molecule has 4 N–H and O–H groups in total. The number of aliphatic hydroxyl groups excluding tert-OH is 4. The van der Waals surface area contributed by atoms with E-state index in [1.54, 1.807) is 24.3 Å². The molecule has 1 aromatic rings. The molecule has 1 aromatic carbocycles. The van der Waals surface area contributed by atoms with Gasteiger partial charge in [-0.15, -0.1) is 0 Å². The summed E-state index contributed by atoms with van der Waals surface area (Å²) in [5.74, 6) is -0.306. The average Bonchev–Trinajstić information content (AvgIpc) is 3.00. The molecular formula is C17H27NO4. The molecule has 1 aliphatic rings. The molecule has 0 bridgehead atoms. The lowest BCUT2D eigenvalue weighted by Crippen LogP contribution is -2.41. The number of benzene rings is 1. The fourth-order valence-corrected chi connectivity index (χ4v) is 3.08. The molecule has 0 saturated carbocycles. The van der Waals surface area contributed by atoms with Gasteiger partial charge >= 0.3 is 0 Å². The number of hydrogen-bond acceptors (Lipinski definition) is 5. The number of β-amino-alcohol motifs (C(OH)–C–C–N with tert-alkyl or cyclic N) is 1. The second-order valence-electron chi connectivity index (χ2n) is 6.24. The zero-order chi connectivity index (χ0) is 16.1. The number of likely N-dealkylation sites (tertiary alicyclic amines) is 1. The van der Waals surface area contributed by atoms with Gasteiger partial charge in [-0.05, 0) is 30.5 Å². The molecule has 1 fully saturated rings. The molecule has 1 saturated heterocycles. The lowest BCUT2D eigenvalue weighted by molar-refractivity contribution is -0.00406. The van der Waals surface area contributed by atoms with Crippen LogP contribution in [0.2, 0.25) is 0 Å². The van der Waals surface area contributed by atoms with Crippen molar-refractivity contribution >= 4 is 0 Å². The lowest BCUT2D eigenvalue weighted by atomic mass is 9.91. The molecule has 0 spiro atoms. The summed E-state index contributed by atoms with van der Waals surface area (Å²) in [7, 11) is 0. The summed E-state index contributed by atoms with van der Waals surface area (Å²) in [6.07, 6.45) is 0.595. The van der Waals surface area contributed by atoms with Crippen LogP contribution in [0, 0.1) is 5.92 Å². The largest absolute Gasteiger partial charge is 0.395 e. The molecule has 1 aliphatic heterocycles. The topological polar surface area (TPSA) is 84.2 Å². The zero-order valence-corrected chi connectivity index (χ0v) is 13.1. The minimum atomic E-state index is -0.752. The standard InChI is InChI=1S/C17H27NO4/c1-12(16(21)9-18-8-2-3-15(18)11-20)17(22)14-6-4-13(10-19)5-7-14/h4-7,12,15-17,19-22H,2-3,8-11H2,1H3/t12-,15+,16+,17+/m1/s1. The Labute approximate surface area is 131 Å². The Morgan fingerprint density at radius 2 is 1.86 bits per heavy atom. The van der Waals surface area contributed by atoms with Crippen LogP contribution in [-0.4, -0.2) is 57.2 Å². The van der Waals surface area contributed by atoms with Crippen LogP contribution in [0.4, 0.5) is 0 Å². The van der Waals surface area contributed by atoms with Crippen LogP contribution in [0.5, 0.6) is 0 Å². The molecule has 0 amide bonds. The zero-order valence-electron chi connectivity index (χ0n) is 13.1. The van der Waals surface area contributed by atoms with Gasteiger partial charge in [0.15, 0.2) is 0 Å². The minimum absolute atomic E-state index is 0.0218. The van der Waals surface area contributed by atoms with Crippen molar-refractivity contribution in [2.75, 3.05) is 19.7 Å². The van der Waals surface area contributed by atoms with Gasteiger partial charge < -0.3 is 20.4 Å². The Bertz CT molecular complexity index is 450. The van der Waals surface area contributed by atoms with Crippen LogP contribution < -0.4 is 0 Å². The van der Waals surface area contributed by atoms with E-state index in [9.17, 15) is 15.3 Å². The van der Waals surface area contributed by atoms with E-state index in [0.29, 0.717) is 6.54 Å². The van der Waals surface area contributed by atoms with Crippen LogP contribution in [-0.2, 0) is 6.61 Å². The number of nitrogens with zero attached hydrogens (tertiary/aromatic N) is 1. The van der Waals surface area contributed by atoms with Crippen molar-refractivity contribution in [2.45, 2.75) is 44.6 Å². The van der Waals surface area contributed by atoms with Crippen LogP contribution in [0.15, 0.2) is 24.3 Å². The normalized spacial score (nSPS) is 23.4. The van der Waals surface area contributed by atoms with Crippen LogP contribution >= 0.6 is 0 Å². The Morgan fingerprint density at radius 1 is 1.18 bits per heavy atom. The Balaban J connectivity index is 1.94. The van der Waals surface area contributed by atoms with Crippen molar-refractivity contribution in [2.24, 2.45) is 5.92 Å². The first kappa shape index (κ1) is 17.4. The van der Waals surface area contributed by atoms with Gasteiger partial charge in [0.1, 0.15) is 0 Å². The van der Waals surface area contributed by atoms with Gasteiger partial charge in [-0.3, -0.25) is 4.90 Å². The van der Waals surface area contributed by atoms with Gasteiger partial charge in [0, 0.05) is 18.5 Å². The van der Waals surface area contributed by atoms with Crippen LogP contribution in [0.3, 0.4) is 0 Å². The van der Waals surface area contributed by atoms with Crippen molar-refractivity contribution in [3.63, 3.8) is 0 Å². The van der Waals surface area contributed by atoms with E-state index in [-0.39, 0.29) is 25.2 Å². The SMILES string of the molecule is C[C@@H]([C@H](O)c1ccc(CO)cc1)[C@@H](O)CN1CCC[C@H]1CO. The summed E-state index contributed by atoms with van der Waals surface area (Å²) in [5.41, 5.74) is 1.54. The van der Waals surface area contributed by atoms with Crippen molar-refractivity contribution in [1.29, 1.82) is 0 Å². The highest BCUT2D eigenvalue weighted by atomic mass is 16.3. The second-order valence-corrected chi connectivity index (χ2v) is 6.24. The van der Waals surface area contributed by atoms with E-state index in [0.717, 1.165) is 30.5 Å². The molecular weight excluding hydrogens is 282 g/mol. The van der Waals surface area contributed by atoms with E-state index >= 15 is 0 Å². The molecule has 0 aliphatic carbocycles. The number of hydrogen-bond donors (Lipinski definition) is 4. The third-order valence-electron chi connectivity index (χ3n) is 4.74. The van der Waals surface area contributed by atoms with Gasteiger partial charge in [0.05, 0.1) is 25.4 Å². The van der Waals surface area contributed by atoms with E-state index in [2.05, 4.69) is 4.90 Å². The van der Waals surface area contributed by atoms with Crippen molar-refractivity contribution < 1.29 is 20.4 Å². The van der Waals surface area contributed by atoms with Gasteiger partial charge in [-0.2, -0.15) is 0 Å². The number of aliphatic hydroxyl groups is 4.